The Balaban J connectivity index is 1.50. The first kappa shape index (κ1) is 17.1. The van der Waals surface area contributed by atoms with Gasteiger partial charge in [-0.05, 0) is 41.4 Å². The van der Waals surface area contributed by atoms with Crippen LogP contribution in [-0.4, -0.2) is 47.9 Å². The van der Waals surface area contributed by atoms with Crippen molar-refractivity contribution in [1.29, 1.82) is 0 Å². The first-order valence-electron chi connectivity index (χ1n) is 8.16. The minimum Gasteiger partial charge on any atom is -0.322 e. The molecular formula is C18H22FN3OS. The lowest BCUT2D eigenvalue weighted by Gasteiger charge is -2.37. The third-order valence-corrected chi connectivity index (χ3v) is 5.18. The molecule has 1 aromatic heterocycles. The minimum atomic E-state index is -0.404. The summed E-state index contributed by atoms with van der Waals surface area (Å²) in [6.07, 6.45) is 0. The Morgan fingerprint density at radius 2 is 2.00 bits per heavy atom. The molecule has 1 aromatic carbocycles. The maximum atomic E-state index is 13.7. The maximum Gasteiger partial charge on any atom is 0.241 e. The summed E-state index contributed by atoms with van der Waals surface area (Å²) in [5, 5.41) is 6.96. The molecule has 1 N–H and O–H groups in total. The van der Waals surface area contributed by atoms with Crippen LogP contribution < -0.4 is 5.32 Å². The number of benzene rings is 1. The number of thiophene rings is 1. The van der Waals surface area contributed by atoms with E-state index in [1.54, 1.807) is 29.5 Å². The van der Waals surface area contributed by atoms with Gasteiger partial charge in [-0.25, -0.2) is 4.39 Å². The highest BCUT2D eigenvalue weighted by Crippen LogP contribution is 2.16. The number of hydrogen-bond donors (Lipinski definition) is 1. The van der Waals surface area contributed by atoms with Gasteiger partial charge >= 0.3 is 0 Å². The molecule has 0 unspecified atom stereocenters. The van der Waals surface area contributed by atoms with Gasteiger partial charge < -0.3 is 5.32 Å². The number of carbonyl (C=O) groups is 1. The topological polar surface area (TPSA) is 35.6 Å². The summed E-state index contributed by atoms with van der Waals surface area (Å²) in [5.74, 6) is -0.565. The molecule has 2 heterocycles. The second-order valence-corrected chi connectivity index (χ2v) is 6.87. The Morgan fingerprint density at radius 1 is 1.25 bits per heavy atom. The van der Waals surface area contributed by atoms with Crippen LogP contribution in [0.1, 0.15) is 12.5 Å². The zero-order valence-corrected chi connectivity index (χ0v) is 14.6. The number of rotatable bonds is 5. The predicted molar refractivity (Wildman–Crippen MR) is 95.7 cm³/mol. The van der Waals surface area contributed by atoms with Gasteiger partial charge in [0.15, 0.2) is 0 Å². The van der Waals surface area contributed by atoms with E-state index in [0.717, 1.165) is 32.7 Å². The van der Waals surface area contributed by atoms with Gasteiger partial charge in [-0.2, -0.15) is 11.3 Å². The van der Waals surface area contributed by atoms with Crippen molar-refractivity contribution in [3.63, 3.8) is 0 Å². The molecule has 0 spiro atoms. The van der Waals surface area contributed by atoms with Crippen molar-refractivity contribution >= 4 is 22.9 Å². The summed E-state index contributed by atoms with van der Waals surface area (Å²) in [5.41, 5.74) is 1.59. The molecule has 4 nitrogen and oxygen atoms in total. The number of nitrogens with zero attached hydrogens (tertiary/aromatic N) is 2. The first-order valence-corrected chi connectivity index (χ1v) is 9.10. The fraction of sp³-hybridized carbons (Fsp3) is 0.389. The molecule has 128 valence electrons. The standard InChI is InChI=1S/C18H22FN3OS/c1-14(18(23)20-17-5-3-2-4-16(17)19)22-9-7-21(8-10-22)12-15-6-11-24-13-15/h2-6,11,13-14H,7-10,12H2,1H3,(H,20,23)/t14-/m0/s1. The van der Waals surface area contributed by atoms with Crippen LogP contribution in [0.25, 0.3) is 0 Å². The Hall–Kier alpha value is -1.76. The summed E-state index contributed by atoms with van der Waals surface area (Å²) >= 11 is 1.72. The van der Waals surface area contributed by atoms with Crippen molar-refractivity contribution in [3.8, 4) is 0 Å². The van der Waals surface area contributed by atoms with E-state index in [1.165, 1.54) is 11.6 Å². The van der Waals surface area contributed by atoms with Gasteiger partial charge in [-0.15, -0.1) is 0 Å². The largest absolute Gasteiger partial charge is 0.322 e. The molecule has 6 heteroatoms. The van der Waals surface area contributed by atoms with Gasteiger partial charge in [0, 0.05) is 32.7 Å². The molecule has 3 rings (SSSR count). The van der Waals surface area contributed by atoms with Crippen LogP contribution in [-0.2, 0) is 11.3 Å². The molecular weight excluding hydrogens is 325 g/mol. The lowest BCUT2D eigenvalue weighted by Crippen LogP contribution is -2.52. The van der Waals surface area contributed by atoms with E-state index < -0.39 is 5.82 Å². The van der Waals surface area contributed by atoms with E-state index in [1.807, 2.05) is 6.92 Å². The van der Waals surface area contributed by atoms with Crippen LogP contribution >= 0.6 is 11.3 Å². The van der Waals surface area contributed by atoms with Gasteiger partial charge in [-0.3, -0.25) is 14.6 Å². The van der Waals surface area contributed by atoms with E-state index in [-0.39, 0.29) is 17.6 Å². The number of anilines is 1. The highest BCUT2D eigenvalue weighted by molar-refractivity contribution is 7.07. The van der Waals surface area contributed by atoms with Crippen molar-refractivity contribution in [1.82, 2.24) is 9.80 Å². The van der Waals surface area contributed by atoms with E-state index in [9.17, 15) is 9.18 Å². The van der Waals surface area contributed by atoms with E-state index in [2.05, 4.69) is 31.9 Å². The molecule has 1 atom stereocenters. The van der Waals surface area contributed by atoms with Crippen LogP contribution in [0.4, 0.5) is 10.1 Å². The van der Waals surface area contributed by atoms with Crippen molar-refractivity contribution in [2.24, 2.45) is 0 Å². The lowest BCUT2D eigenvalue weighted by molar-refractivity contribution is -0.121. The van der Waals surface area contributed by atoms with Gasteiger partial charge in [0.05, 0.1) is 11.7 Å². The maximum absolute atomic E-state index is 13.7. The number of piperazine rings is 1. The SMILES string of the molecule is C[C@@H](C(=O)Nc1ccccc1F)N1CCN(Cc2ccsc2)CC1. The third-order valence-electron chi connectivity index (χ3n) is 4.45. The second kappa shape index (κ2) is 7.88. The molecule has 1 amide bonds. The first-order chi connectivity index (χ1) is 11.6. The number of nitrogens with one attached hydrogen (secondary N) is 1. The third kappa shape index (κ3) is 4.20. The minimum absolute atomic E-state index is 0.161. The summed E-state index contributed by atoms with van der Waals surface area (Å²) in [6.45, 7) is 6.41. The van der Waals surface area contributed by atoms with E-state index in [0.29, 0.717) is 0 Å². The normalized spacial score (nSPS) is 17.6. The van der Waals surface area contributed by atoms with E-state index in [4.69, 9.17) is 0 Å². The zero-order valence-electron chi connectivity index (χ0n) is 13.7. The molecule has 1 aliphatic rings. The summed E-state index contributed by atoms with van der Waals surface area (Å²) in [7, 11) is 0. The average molecular weight is 347 g/mol. The monoisotopic (exact) mass is 347 g/mol. The molecule has 0 radical (unpaired) electrons. The molecule has 2 aromatic rings. The Bertz CT molecular complexity index is 669. The van der Waals surface area contributed by atoms with Crippen LogP contribution in [0.2, 0.25) is 0 Å². The molecule has 0 saturated carbocycles. The summed E-state index contributed by atoms with van der Waals surface area (Å²) in [6, 6.07) is 8.14. The van der Waals surface area contributed by atoms with Crippen molar-refractivity contribution in [2.45, 2.75) is 19.5 Å². The van der Waals surface area contributed by atoms with Crippen molar-refractivity contribution in [3.05, 3.63) is 52.5 Å². The number of hydrogen-bond acceptors (Lipinski definition) is 4. The van der Waals surface area contributed by atoms with Crippen molar-refractivity contribution < 1.29 is 9.18 Å². The number of amides is 1. The zero-order chi connectivity index (χ0) is 16.9. The molecule has 1 saturated heterocycles. The second-order valence-electron chi connectivity index (χ2n) is 6.09. The lowest BCUT2D eigenvalue weighted by atomic mass is 10.2. The highest BCUT2D eigenvalue weighted by atomic mass is 32.1. The Labute approximate surface area is 145 Å². The number of halogens is 1. The fourth-order valence-corrected chi connectivity index (χ4v) is 3.57. The molecule has 1 aliphatic heterocycles. The smallest absolute Gasteiger partial charge is 0.241 e. The van der Waals surface area contributed by atoms with Crippen LogP contribution in [0.15, 0.2) is 41.1 Å². The summed E-state index contributed by atoms with van der Waals surface area (Å²) in [4.78, 5) is 16.9. The highest BCUT2D eigenvalue weighted by Gasteiger charge is 2.26. The van der Waals surface area contributed by atoms with Crippen LogP contribution in [0, 0.1) is 5.82 Å². The van der Waals surface area contributed by atoms with Gasteiger partial charge in [0.2, 0.25) is 5.91 Å². The number of carbonyl (C=O) groups excluding carboxylic acids is 1. The molecule has 0 bridgehead atoms. The van der Waals surface area contributed by atoms with E-state index >= 15 is 0 Å². The van der Waals surface area contributed by atoms with Crippen molar-refractivity contribution in [2.75, 3.05) is 31.5 Å². The molecule has 1 fully saturated rings. The Kier molecular flexibility index (Phi) is 5.60. The van der Waals surface area contributed by atoms with Crippen LogP contribution in [0.5, 0.6) is 0 Å². The van der Waals surface area contributed by atoms with Gasteiger partial charge in [0.25, 0.3) is 0 Å². The predicted octanol–water partition coefficient (Wildman–Crippen LogP) is 3.03. The fourth-order valence-electron chi connectivity index (χ4n) is 2.92. The quantitative estimate of drug-likeness (QED) is 0.903. The molecule has 24 heavy (non-hydrogen) atoms. The number of para-hydroxylation sites is 1. The molecule has 0 aliphatic carbocycles. The van der Waals surface area contributed by atoms with Gasteiger partial charge in [-0.1, -0.05) is 12.1 Å². The average Bonchev–Trinajstić information content (AvgIpc) is 3.10. The summed E-state index contributed by atoms with van der Waals surface area (Å²) < 4.78 is 13.7. The Morgan fingerprint density at radius 3 is 2.67 bits per heavy atom. The van der Waals surface area contributed by atoms with Crippen LogP contribution in [0.3, 0.4) is 0 Å². The van der Waals surface area contributed by atoms with Gasteiger partial charge in [0.1, 0.15) is 5.82 Å².